The minimum absolute atomic E-state index is 0.0898. The third-order valence-corrected chi connectivity index (χ3v) is 9.21. The fourth-order valence-electron chi connectivity index (χ4n) is 4.76. The third-order valence-electron chi connectivity index (χ3n) is 7.16. The summed E-state index contributed by atoms with van der Waals surface area (Å²) >= 11 is 0. The van der Waals surface area contributed by atoms with Crippen LogP contribution in [0.25, 0.3) is 0 Å². The van der Waals surface area contributed by atoms with Gasteiger partial charge in [-0.05, 0) is 0 Å². The van der Waals surface area contributed by atoms with Gasteiger partial charge in [0, 0.05) is 7.11 Å². The monoisotopic (exact) mass is 846 g/mol. The Morgan fingerprint density at radius 3 is 0.891 bits per heavy atom. The molecule has 0 aromatic heterocycles. The molecule has 0 fully saturated rings. The second kappa shape index (κ2) is 15.2. The van der Waals surface area contributed by atoms with Gasteiger partial charge < -0.3 is 27.7 Å². The van der Waals surface area contributed by atoms with Crippen molar-refractivity contribution < 1.29 is 115 Å². The van der Waals surface area contributed by atoms with Crippen molar-refractivity contribution in [3.8, 4) is 0 Å². The van der Waals surface area contributed by atoms with Crippen LogP contribution < -0.4 is 0 Å². The van der Waals surface area contributed by atoms with Crippen molar-refractivity contribution in [3.05, 3.63) is 139 Å². The molecular formula is C27H7BF20O6Si. The average Bonchev–Trinajstić information content (AvgIpc) is 3.14. The van der Waals surface area contributed by atoms with Gasteiger partial charge in [-0.3, -0.25) is 0 Å². The average molecular weight is 846 g/mol. The van der Waals surface area contributed by atoms with Crippen molar-refractivity contribution in [3.63, 3.8) is 0 Å². The summed E-state index contributed by atoms with van der Waals surface area (Å²) in [5, 5.41) is 19.0. The van der Waals surface area contributed by atoms with Gasteiger partial charge in [0.25, 0.3) is 0 Å². The molecule has 4 aromatic carbocycles. The third kappa shape index (κ3) is 6.67. The topological polar surface area (TPSA) is 77.4 Å². The highest BCUT2D eigenvalue weighted by Crippen LogP contribution is 2.51. The Kier molecular flexibility index (Phi) is 12.0. The fourth-order valence-corrected chi connectivity index (χ4v) is 6.49. The zero-order valence-electron chi connectivity index (χ0n) is 25.4. The van der Waals surface area contributed by atoms with Gasteiger partial charge in [0.1, 0.15) is 0 Å². The summed E-state index contributed by atoms with van der Waals surface area (Å²) < 4.78 is 314. The number of rotatable bonds is 11. The van der Waals surface area contributed by atoms with Crippen molar-refractivity contribution in [2.45, 2.75) is 12.2 Å². The minimum Gasteiger partial charge on any atom is -0.402 e. The van der Waals surface area contributed by atoms with E-state index in [-0.39, 0.29) is 7.11 Å². The van der Waals surface area contributed by atoms with Crippen molar-refractivity contribution in [1.29, 1.82) is 0 Å². The molecule has 0 saturated heterocycles. The smallest absolute Gasteiger partial charge is 0.402 e. The van der Waals surface area contributed by atoms with Gasteiger partial charge in [-0.15, -0.1) is 0 Å². The quantitative estimate of drug-likeness (QED) is 0.0554. The van der Waals surface area contributed by atoms with Crippen LogP contribution in [-0.2, 0) is 29.8 Å². The molecule has 0 bridgehead atoms. The zero-order valence-corrected chi connectivity index (χ0v) is 26.4. The Hall–Kier alpha value is -4.48. The van der Waals surface area contributed by atoms with Gasteiger partial charge in [-0.25, -0.2) is 87.8 Å². The maximum absolute atomic E-state index is 15.7. The molecule has 4 aromatic rings. The van der Waals surface area contributed by atoms with Gasteiger partial charge in [0.2, 0.25) is 23.3 Å². The summed E-state index contributed by atoms with van der Waals surface area (Å²) in [6, 6.07) is 0. The number of halogens is 20. The van der Waals surface area contributed by atoms with E-state index in [9.17, 15) is 71.5 Å². The van der Waals surface area contributed by atoms with Crippen LogP contribution in [0.15, 0.2) is 0 Å². The van der Waals surface area contributed by atoms with E-state index in [0.29, 0.717) is 0 Å². The van der Waals surface area contributed by atoms with E-state index in [1.807, 2.05) is 0 Å². The first-order chi connectivity index (χ1) is 25.4. The largest absolute Gasteiger partial charge is 0.669 e. The summed E-state index contributed by atoms with van der Waals surface area (Å²) in [6.45, 7) is -2.50. The van der Waals surface area contributed by atoms with Crippen molar-refractivity contribution in [2.75, 3.05) is 7.11 Å². The predicted molar refractivity (Wildman–Crippen MR) is 135 cm³/mol. The lowest BCUT2D eigenvalue weighted by atomic mass is 9.78. The molecule has 6 nitrogen and oxygen atoms in total. The Balaban J connectivity index is 2.38. The van der Waals surface area contributed by atoms with Gasteiger partial charge >= 0.3 is 16.4 Å². The molecule has 0 amide bonds. The standard InChI is InChI=1S/C27H7BF20O6Si/c1-51-55(54-28(49)50,52-2-3-7(29)15(37)23(45)16(38)8(3)30)53-27(4-9(31)17(39)24(46)18(40)10(4)32,5-11(33)19(41)25(47)20(42)12(5)34)6-13(35)21(43)26(48)22(44)14(6)36/h49-50H,2H2,1H3. The van der Waals surface area contributed by atoms with Crippen LogP contribution in [0.3, 0.4) is 0 Å². The minimum atomic E-state index is -7.26. The Morgan fingerprint density at radius 2 is 0.655 bits per heavy atom. The van der Waals surface area contributed by atoms with Crippen LogP contribution in [0.2, 0.25) is 0 Å². The van der Waals surface area contributed by atoms with E-state index in [4.69, 9.17) is 0 Å². The summed E-state index contributed by atoms with van der Waals surface area (Å²) in [4.78, 5) is 0. The first-order valence-electron chi connectivity index (χ1n) is 13.4. The predicted octanol–water partition coefficient (Wildman–Crippen LogP) is 7.06. The molecule has 0 saturated carbocycles. The van der Waals surface area contributed by atoms with Gasteiger partial charge in [0.05, 0.1) is 28.9 Å². The molecule has 55 heavy (non-hydrogen) atoms. The molecule has 0 aliphatic rings. The van der Waals surface area contributed by atoms with Crippen molar-refractivity contribution in [1.82, 2.24) is 0 Å². The van der Waals surface area contributed by atoms with Gasteiger partial charge in [-0.1, -0.05) is 0 Å². The Morgan fingerprint density at radius 1 is 0.418 bits per heavy atom. The summed E-state index contributed by atoms with van der Waals surface area (Å²) in [5.74, 6) is -67.5. The maximum atomic E-state index is 15.7. The van der Waals surface area contributed by atoms with Crippen molar-refractivity contribution >= 4 is 16.4 Å². The van der Waals surface area contributed by atoms with E-state index in [1.54, 1.807) is 0 Å². The summed E-state index contributed by atoms with van der Waals surface area (Å²) in [7, 11) is -11.2. The molecule has 0 spiro atoms. The van der Waals surface area contributed by atoms with Crippen LogP contribution in [0, 0.1) is 116 Å². The van der Waals surface area contributed by atoms with E-state index in [0.717, 1.165) is 0 Å². The molecule has 0 aliphatic heterocycles. The fraction of sp³-hybridized carbons (Fsp3) is 0.111. The number of hydrogen-bond acceptors (Lipinski definition) is 6. The van der Waals surface area contributed by atoms with E-state index >= 15 is 26.3 Å². The SMILES string of the molecule is CO[Si](OCc1c(F)c(F)c(F)c(F)c1F)(OB(O)O)OC(c1c(F)c(F)c(F)c(F)c1F)(c1c(F)c(F)c(F)c(F)c1F)c1c(F)c(F)c(F)c(F)c1F. The molecule has 298 valence electrons. The molecule has 4 rings (SSSR count). The van der Waals surface area contributed by atoms with Crippen LogP contribution in [0.5, 0.6) is 0 Å². The number of hydrogen-bond donors (Lipinski definition) is 2. The molecule has 1 atom stereocenters. The second-order valence-electron chi connectivity index (χ2n) is 10.1. The highest BCUT2D eigenvalue weighted by Gasteiger charge is 2.63. The number of benzene rings is 4. The molecule has 0 radical (unpaired) electrons. The lowest BCUT2D eigenvalue weighted by molar-refractivity contribution is -0.0545. The Labute approximate surface area is 290 Å². The molecule has 0 aliphatic carbocycles. The molecule has 1 unspecified atom stereocenters. The Bertz CT molecular complexity index is 1960. The molecule has 0 heterocycles. The summed E-state index contributed by atoms with van der Waals surface area (Å²) in [6.07, 6.45) is 0. The lowest BCUT2D eigenvalue weighted by Gasteiger charge is -2.41. The maximum Gasteiger partial charge on any atom is 0.669 e. The van der Waals surface area contributed by atoms with Crippen LogP contribution in [-0.4, -0.2) is 33.5 Å². The normalized spacial score (nSPS) is 13.1. The lowest BCUT2D eigenvalue weighted by Crippen LogP contribution is -2.58. The highest BCUT2D eigenvalue weighted by molar-refractivity contribution is 6.61. The van der Waals surface area contributed by atoms with Crippen LogP contribution >= 0.6 is 0 Å². The highest BCUT2D eigenvalue weighted by atomic mass is 28.4. The van der Waals surface area contributed by atoms with Crippen LogP contribution in [0.1, 0.15) is 22.3 Å². The van der Waals surface area contributed by atoms with Crippen molar-refractivity contribution in [2.24, 2.45) is 0 Å². The first-order valence-corrected chi connectivity index (χ1v) is 15.0. The van der Waals surface area contributed by atoms with E-state index in [1.165, 1.54) is 0 Å². The van der Waals surface area contributed by atoms with Gasteiger partial charge in [-0.2, -0.15) is 0 Å². The zero-order chi connectivity index (χ0) is 42.0. The summed E-state index contributed by atoms with van der Waals surface area (Å²) in [5.41, 5.74) is -18.8. The van der Waals surface area contributed by atoms with Gasteiger partial charge in [0.15, 0.2) is 98.7 Å². The second-order valence-corrected chi connectivity index (χ2v) is 12.2. The molecule has 2 N–H and O–H groups in total. The van der Waals surface area contributed by atoms with Crippen LogP contribution in [0.4, 0.5) is 87.8 Å². The van der Waals surface area contributed by atoms with E-state index < -0.39 is 167 Å². The molecular weight excluding hydrogens is 839 g/mol. The van der Waals surface area contributed by atoms with E-state index in [2.05, 4.69) is 17.6 Å². The molecule has 28 heteroatoms. The first kappa shape index (κ1) is 43.3.